The number of nitrogens with two attached hydrogens (primary N) is 1. The summed E-state index contributed by atoms with van der Waals surface area (Å²) >= 11 is 0. The second kappa shape index (κ2) is 10.1. The van der Waals surface area contributed by atoms with Crippen molar-refractivity contribution in [3.05, 3.63) is 29.3 Å². The smallest absolute Gasteiger partial charge is 0.410 e. The zero-order valence-corrected chi connectivity index (χ0v) is 19.4. The first kappa shape index (κ1) is 23.5. The molecule has 2 rings (SSSR count). The van der Waals surface area contributed by atoms with Crippen molar-refractivity contribution < 1.29 is 9.53 Å². The number of amides is 1. The van der Waals surface area contributed by atoms with Gasteiger partial charge in [0.1, 0.15) is 5.60 Å². The van der Waals surface area contributed by atoms with Gasteiger partial charge in [-0.05, 0) is 76.6 Å². The minimum Gasteiger partial charge on any atom is -0.444 e. The number of rotatable bonds is 3. The van der Waals surface area contributed by atoms with E-state index in [4.69, 9.17) is 10.5 Å². The van der Waals surface area contributed by atoms with Crippen molar-refractivity contribution in [1.29, 1.82) is 0 Å². The van der Waals surface area contributed by atoms with Crippen molar-refractivity contribution in [3.63, 3.8) is 0 Å². The molecule has 0 saturated carbocycles. The minimum absolute atomic E-state index is 0. The van der Waals surface area contributed by atoms with Crippen molar-refractivity contribution >= 4 is 41.7 Å². The molecule has 1 atom stereocenters. The molecule has 1 unspecified atom stereocenters. The number of carbonyl (C=O) groups is 1. The lowest BCUT2D eigenvalue weighted by Crippen LogP contribution is -2.43. The van der Waals surface area contributed by atoms with Crippen molar-refractivity contribution in [2.75, 3.05) is 25.0 Å². The summed E-state index contributed by atoms with van der Waals surface area (Å²) in [6.45, 7) is 11.8. The molecule has 0 aliphatic carbocycles. The highest BCUT2D eigenvalue weighted by molar-refractivity contribution is 14.0. The fourth-order valence-electron chi connectivity index (χ4n) is 3.17. The predicted molar refractivity (Wildman–Crippen MR) is 122 cm³/mol. The van der Waals surface area contributed by atoms with E-state index >= 15 is 0 Å². The van der Waals surface area contributed by atoms with Crippen LogP contribution in [0.2, 0.25) is 0 Å². The van der Waals surface area contributed by atoms with Gasteiger partial charge in [0.15, 0.2) is 5.96 Å². The number of halogens is 1. The second-order valence-electron chi connectivity index (χ2n) is 8.16. The SMILES string of the molecule is Cc1cc(C)cc(NC(N)=NCC2CCCN(C(=O)OC(C)(C)C)C2)c1.I. The fraction of sp³-hybridized carbons (Fsp3) is 0.600. The normalized spacial score (nSPS) is 17.9. The molecule has 1 aromatic carbocycles. The molecule has 1 amide bonds. The van der Waals surface area contributed by atoms with Crippen LogP contribution in [0.4, 0.5) is 10.5 Å². The Morgan fingerprint density at radius 3 is 2.52 bits per heavy atom. The number of guanidine groups is 1. The van der Waals surface area contributed by atoms with Crippen LogP contribution in [0.3, 0.4) is 0 Å². The molecular weight excluding hydrogens is 455 g/mol. The van der Waals surface area contributed by atoms with Gasteiger partial charge in [0.25, 0.3) is 0 Å². The first-order valence-electron chi connectivity index (χ1n) is 9.25. The second-order valence-corrected chi connectivity index (χ2v) is 8.16. The number of ether oxygens (including phenoxy) is 1. The minimum atomic E-state index is -0.470. The first-order valence-corrected chi connectivity index (χ1v) is 9.25. The van der Waals surface area contributed by atoms with Gasteiger partial charge < -0.3 is 20.7 Å². The Balaban J connectivity index is 0.00000364. The molecule has 152 valence electrons. The van der Waals surface area contributed by atoms with E-state index in [1.807, 2.05) is 32.9 Å². The van der Waals surface area contributed by atoms with Crippen LogP contribution in [0.15, 0.2) is 23.2 Å². The van der Waals surface area contributed by atoms with Gasteiger partial charge >= 0.3 is 6.09 Å². The molecule has 1 aliphatic rings. The van der Waals surface area contributed by atoms with Crippen LogP contribution in [0, 0.1) is 19.8 Å². The Morgan fingerprint density at radius 1 is 1.30 bits per heavy atom. The molecule has 1 fully saturated rings. The number of hydrogen-bond donors (Lipinski definition) is 2. The molecule has 7 heteroatoms. The van der Waals surface area contributed by atoms with Crippen LogP contribution in [0.1, 0.15) is 44.7 Å². The maximum atomic E-state index is 12.2. The average molecular weight is 488 g/mol. The van der Waals surface area contributed by atoms with E-state index in [1.54, 1.807) is 4.90 Å². The summed E-state index contributed by atoms with van der Waals surface area (Å²) in [5, 5.41) is 3.15. The van der Waals surface area contributed by atoms with Gasteiger partial charge in [0.05, 0.1) is 0 Å². The van der Waals surface area contributed by atoms with Crippen LogP contribution in [0.25, 0.3) is 0 Å². The summed E-state index contributed by atoms with van der Waals surface area (Å²) in [7, 11) is 0. The van der Waals surface area contributed by atoms with Gasteiger partial charge in [-0.1, -0.05) is 6.07 Å². The van der Waals surface area contributed by atoms with Gasteiger partial charge in [0, 0.05) is 25.3 Å². The van der Waals surface area contributed by atoms with Crippen LogP contribution in [-0.4, -0.2) is 42.2 Å². The summed E-state index contributed by atoms with van der Waals surface area (Å²) < 4.78 is 5.47. The first-order chi connectivity index (χ1) is 12.1. The molecular formula is C20H33IN4O2. The Labute approximate surface area is 179 Å². The van der Waals surface area contributed by atoms with Gasteiger partial charge in [-0.2, -0.15) is 0 Å². The summed E-state index contributed by atoms with van der Waals surface area (Å²) in [6.07, 6.45) is 1.76. The predicted octanol–water partition coefficient (Wildman–Crippen LogP) is 4.30. The van der Waals surface area contributed by atoms with Crippen molar-refractivity contribution in [1.82, 2.24) is 4.90 Å². The molecule has 3 N–H and O–H groups in total. The van der Waals surface area contributed by atoms with E-state index in [9.17, 15) is 4.79 Å². The zero-order chi connectivity index (χ0) is 19.3. The van der Waals surface area contributed by atoms with Gasteiger partial charge in [-0.3, -0.25) is 4.99 Å². The largest absolute Gasteiger partial charge is 0.444 e. The molecule has 1 aliphatic heterocycles. The number of likely N-dealkylation sites (tertiary alicyclic amines) is 1. The number of nitrogens with zero attached hydrogens (tertiary/aromatic N) is 2. The van der Waals surface area contributed by atoms with Crippen LogP contribution in [0.5, 0.6) is 0 Å². The monoisotopic (exact) mass is 488 g/mol. The maximum Gasteiger partial charge on any atom is 0.410 e. The van der Waals surface area contributed by atoms with E-state index in [2.05, 4.69) is 30.2 Å². The van der Waals surface area contributed by atoms with E-state index in [0.29, 0.717) is 25.0 Å². The topological polar surface area (TPSA) is 80.0 Å². The van der Waals surface area contributed by atoms with E-state index in [1.165, 1.54) is 11.1 Å². The molecule has 1 aromatic rings. The molecule has 27 heavy (non-hydrogen) atoms. The number of aliphatic imine (C=N–C) groups is 1. The zero-order valence-electron chi connectivity index (χ0n) is 17.0. The highest BCUT2D eigenvalue weighted by atomic mass is 127. The quantitative estimate of drug-likeness (QED) is 0.378. The number of hydrogen-bond acceptors (Lipinski definition) is 3. The van der Waals surface area contributed by atoms with Gasteiger partial charge in [0.2, 0.25) is 0 Å². The Hall–Kier alpha value is -1.51. The lowest BCUT2D eigenvalue weighted by molar-refractivity contribution is 0.0171. The Morgan fingerprint density at radius 2 is 1.93 bits per heavy atom. The highest BCUT2D eigenvalue weighted by Gasteiger charge is 2.27. The average Bonchev–Trinajstić information content (AvgIpc) is 2.50. The van der Waals surface area contributed by atoms with E-state index in [0.717, 1.165) is 25.1 Å². The Kier molecular flexibility index (Phi) is 8.84. The van der Waals surface area contributed by atoms with Gasteiger partial charge in [-0.15, -0.1) is 24.0 Å². The van der Waals surface area contributed by atoms with E-state index in [-0.39, 0.29) is 30.1 Å². The molecule has 1 saturated heterocycles. The fourth-order valence-corrected chi connectivity index (χ4v) is 3.17. The number of benzene rings is 1. The standard InChI is InChI=1S/C20H32N4O2.HI/c1-14-9-15(2)11-17(10-14)23-18(21)22-12-16-7-6-8-24(13-16)19(25)26-20(3,4)5;/h9-11,16H,6-8,12-13H2,1-5H3,(H3,21,22,23);1H. The maximum absolute atomic E-state index is 12.2. The number of carbonyl (C=O) groups excluding carboxylic acids is 1. The van der Waals surface area contributed by atoms with Crippen molar-refractivity contribution in [3.8, 4) is 0 Å². The third-order valence-electron chi connectivity index (χ3n) is 4.18. The van der Waals surface area contributed by atoms with Crippen molar-refractivity contribution in [2.45, 2.75) is 53.1 Å². The molecule has 1 heterocycles. The lowest BCUT2D eigenvalue weighted by atomic mass is 9.98. The van der Waals surface area contributed by atoms with E-state index < -0.39 is 5.60 Å². The Bertz CT molecular complexity index is 650. The van der Waals surface area contributed by atoms with Crippen LogP contribution < -0.4 is 11.1 Å². The third-order valence-corrected chi connectivity index (χ3v) is 4.18. The number of anilines is 1. The van der Waals surface area contributed by atoms with Gasteiger partial charge in [-0.25, -0.2) is 4.79 Å². The molecule has 6 nitrogen and oxygen atoms in total. The summed E-state index contributed by atoms with van der Waals surface area (Å²) in [4.78, 5) is 18.5. The highest BCUT2D eigenvalue weighted by Crippen LogP contribution is 2.20. The van der Waals surface area contributed by atoms with Crippen LogP contribution >= 0.6 is 24.0 Å². The van der Waals surface area contributed by atoms with Crippen LogP contribution in [-0.2, 0) is 4.74 Å². The molecule has 0 radical (unpaired) electrons. The summed E-state index contributed by atoms with van der Waals surface area (Å²) in [5.41, 5.74) is 8.87. The third kappa shape index (κ3) is 8.36. The summed E-state index contributed by atoms with van der Waals surface area (Å²) in [5.74, 6) is 0.709. The number of nitrogens with one attached hydrogen (secondary N) is 1. The summed E-state index contributed by atoms with van der Waals surface area (Å²) in [6, 6.07) is 6.20. The number of piperidine rings is 1. The van der Waals surface area contributed by atoms with Crippen molar-refractivity contribution in [2.24, 2.45) is 16.6 Å². The molecule has 0 aromatic heterocycles. The number of aryl methyl sites for hydroxylation is 2. The lowest BCUT2D eigenvalue weighted by Gasteiger charge is -2.33. The molecule has 0 spiro atoms. The molecule has 0 bridgehead atoms.